The van der Waals surface area contributed by atoms with Crippen molar-refractivity contribution in [2.24, 2.45) is 0 Å². The van der Waals surface area contributed by atoms with Crippen LogP contribution in [0, 0.1) is 0 Å². The number of aromatic amines is 1. The van der Waals surface area contributed by atoms with E-state index in [4.69, 9.17) is 21.1 Å². The molecule has 8 heteroatoms. The van der Waals surface area contributed by atoms with Crippen molar-refractivity contribution in [1.29, 1.82) is 0 Å². The number of thioether (sulfide) groups is 1. The first kappa shape index (κ1) is 31.6. The molecule has 2 N–H and O–H groups in total. The monoisotopic (exact) mass is 600 g/mol. The molecular weight excluding hydrogens is 556 g/mol. The molecule has 0 spiro atoms. The Balaban J connectivity index is 1.70. The molecular formula is C33H45ClN2O4S. The Morgan fingerprint density at radius 3 is 2.39 bits per heavy atom. The molecule has 1 aromatic heterocycles. The molecule has 2 heterocycles. The number of aliphatic hydroxyl groups is 1. The molecule has 1 saturated heterocycles. The lowest BCUT2D eigenvalue weighted by Gasteiger charge is -2.33. The number of H-pyrrole nitrogens is 1. The lowest BCUT2D eigenvalue weighted by atomic mass is 10.00. The Labute approximate surface area is 254 Å². The number of benzene rings is 2. The van der Waals surface area contributed by atoms with Crippen LogP contribution in [-0.2, 0) is 17.6 Å². The van der Waals surface area contributed by atoms with Crippen molar-refractivity contribution in [3.05, 3.63) is 58.7 Å². The molecule has 2 atom stereocenters. The van der Waals surface area contributed by atoms with Crippen molar-refractivity contribution in [3.8, 4) is 5.75 Å². The van der Waals surface area contributed by atoms with Crippen molar-refractivity contribution in [2.45, 2.75) is 114 Å². The Morgan fingerprint density at radius 1 is 1.10 bits per heavy atom. The first-order valence-electron chi connectivity index (χ1n) is 14.4. The third-order valence-corrected chi connectivity index (χ3v) is 8.34. The molecule has 1 amide bonds. The second kappa shape index (κ2) is 12.1. The molecule has 1 aliphatic rings. The van der Waals surface area contributed by atoms with Crippen molar-refractivity contribution >= 4 is 40.4 Å². The van der Waals surface area contributed by atoms with Gasteiger partial charge in [-0.05, 0) is 83.4 Å². The van der Waals surface area contributed by atoms with Crippen molar-refractivity contribution in [2.75, 3.05) is 6.54 Å². The fourth-order valence-corrected chi connectivity index (χ4v) is 6.53. The van der Waals surface area contributed by atoms with Gasteiger partial charge in [0.25, 0.3) is 0 Å². The van der Waals surface area contributed by atoms with E-state index in [-0.39, 0.29) is 23.0 Å². The molecule has 224 valence electrons. The van der Waals surface area contributed by atoms with Crippen LogP contribution in [0.25, 0.3) is 10.9 Å². The van der Waals surface area contributed by atoms with Gasteiger partial charge in [-0.2, -0.15) is 0 Å². The molecule has 0 bridgehead atoms. The fraction of sp³-hybridized carbons (Fsp3) is 0.545. The van der Waals surface area contributed by atoms with Crippen LogP contribution in [0.2, 0.25) is 5.02 Å². The summed E-state index contributed by atoms with van der Waals surface area (Å²) in [6.07, 6.45) is 2.30. The van der Waals surface area contributed by atoms with Gasteiger partial charge in [0.1, 0.15) is 17.5 Å². The number of fused-ring (bicyclic) bond motifs is 1. The van der Waals surface area contributed by atoms with Gasteiger partial charge in [-0.15, -0.1) is 11.8 Å². The van der Waals surface area contributed by atoms with Gasteiger partial charge in [-0.25, -0.2) is 4.79 Å². The molecule has 41 heavy (non-hydrogen) atoms. The summed E-state index contributed by atoms with van der Waals surface area (Å²) < 4.78 is 12.5. The number of nitrogens with one attached hydrogen (secondary N) is 1. The Morgan fingerprint density at radius 2 is 1.78 bits per heavy atom. The second-order valence-electron chi connectivity index (χ2n) is 13.7. The van der Waals surface area contributed by atoms with E-state index in [0.717, 1.165) is 45.6 Å². The average Bonchev–Trinajstić information content (AvgIpc) is 3.43. The normalized spacial score (nSPS) is 17.2. The van der Waals surface area contributed by atoms with Gasteiger partial charge in [0.15, 0.2) is 0 Å². The predicted octanol–water partition coefficient (Wildman–Crippen LogP) is 8.41. The lowest BCUT2D eigenvalue weighted by Crippen LogP contribution is -2.47. The van der Waals surface area contributed by atoms with Gasteiger partial charge in [-0.1, -0.05) is 44.5 Å². The topological polar surface area (TPSA) is 74.8 Å². The zero-order valence-corrected chi connectivity index (χ0v) is 27.2. The number of hydrogen-bond donors (Lipinski definition) is 2. The van der Waals surface area contributed by atoms with Crippen LogP contribution in [0.1, 0.15) is 79.5 Å². The number of nitrogens with zero attached hydrogens (tertiary/aromatic N) is 1. The number of carbonyl (C=O) groups excluding carboxylic acids is 1. The van der Waals surface area contributed by atoms with Crippen LogP contribution in [0.3, 0.4) is 0 Å². The molecule has 1 fully saturated rings. The molecule has 0 radical (unpaired) electrons. The van der Waals surface area contributed by atoms with E-state index in [1.165, 1.54) is 0 Å². The molecule has 3 aromatic rings. The Hall–Kier alpha value is -2.35. The third-order valence-electron chi connectivity index (χ3n) is 6.81. The van der Waals surface area contributed by atoms with Crippen LogP contribution in [0.4, 0.5) is 4.79 Å². The minimum Gasteiger partial charge on any atom is -0.488 e. The quantitative estimate of drug-likeness (QED) is 0.254. The first-order valence-corrected chi connectivity index (χ1v) is 15.6. The van der Waals surface area contributed by atoms with Gasteiger partial charge >= 0.3 is 6.09 Å². The van der Waals surface area contributed by atoms with Crippen molar-refractivity contribution in [3.63, 3.8) is 0 Å². The van der Waals surface area contributed by atoms with Gasteiger partial charge in [0.05, 0.1) is 11.6 Å². The fourth-order valence-electron chi connectivity index (χ4n) is 5.27. The summed E-state index contributed by atoms with van der Waals surface area (Å²) in [5.41, 5.74) is 1.71. The second-order valence-corrected chi connectivity index (χ2v) is 16.0. The van der Waals surface area contributed by atoms with Crippen LogP contribution in [0.5, 0.6) is 5.75 Å². The highest BCUT2D eigenvalue weighted by atomic mass is 35.5. The Bertz CT molecular complexity index is 1350. The molecule has 2 aromatic carbocycles. The molecule has 4 rings (SSSR count). The molecule has 0 saturated carbocycles. The number of carbonyl (C=O) groups is 1. The van der Waals surface area contributed by atoms with Crippen molar-refractivity contribution in [1.82, 2.24) is 9.88 Å². The van der Waals surface area contributed by atoms with Gasteiger partial charge in [-0.3, -0.25) is 0 Å². The summed E-state index contributed by atoms with van der Waals surface area (Å²) in [5, 5.41) is 12.4. The van der Waals surface area contributed by atoms with E-state index in [1.54, 1.807) is 11.8 Å². The standard InChI is InChI=1S/C33H45ClN2O4S/c1-31(2,3)40-30(37)36-17-9-10-27(36)28(18-21-11-13-22(34)14-12-21)39-23-15-16-25-24(19-23)29(41-32(4,5)6)26(35-25)20-33(7,8)38/h11-16,19,27-28,35,38H,9-10,17-18,20H2,1-8H3. The predicted molar refractivity (Wildman–Crippen MR) is 169 cm³/mol. The summed E-state index contributed by atoms with van der Waals surface area (Å²) in [6.45, 7) is 16.6. The first-order chi connectivity index (χ1) is 19.0. The molecule has 2 unspecified atom stereocenters. The van der Waals surface area contributed by atoms with Crippen LogP contribution in [-0.4, -0.2) is 55.7 Å². The van der Waals surface area contributed by atoms with Gasteiger partial charge < -0.3 is 24.5 Å². The average molecular weight is 601 g/mol. The number of hydrogen-bond acceptors (Lipinski definition) is 5. The maximum absolute atomic E-state index is 13.2. The maximum atomic E-state index is 13.2. The van der Waals surface area contributed by atoms with Crippen molar-refractivity contribution < 1.29 is 19.4 Å². The zero-order chi connectivity index (χ0) is 30.2. The minimum absolute atomic E-state index is 0.0186. The summed E-state index contributed by atoms with van der Waals surface area (Å²) >= 11 is 7.96. The third kappa shape index (κ3) is 8.82. The summed E-state index contributed by atoms with van der Waals surface area (Å²) in [4.78, 5) is 19.7. The van der Waals surface area contributed by atoms with E-state index in [1.807, 2.05) is 75.9 Å². The summed E-state index contributed by atoms with van der Waals surface area (Å²) in [5.74, 6) is 0.747. The van der Waals surface area contributed by atoms with Gasteiger partial charge in [0.2, 0.25) is 0 Å². The molecule has 1 aliphatic heterocycles. The summed E-state index contributed by atoms with van der Waals surface area (Å²) in [7, 11) is 0. The van der Waals surface area contributed by atoms with Crippen LogP contribution >= 0.6 is 23.4 Å². The molecule has 0 aliphatic carbocycles. The molecule has 6 nitrogen and oxygen atoms in total. The van der Waals surface area contributed by atoms with E-state index < -0.39 is 11.2 Å². The van der Waals surface area contributed by atoms with Crippen LogP contribution in [0.15, 0.2) is 47.4 Å². The minimum atomic E-state index is -0.843. The highest BCUT2D eigenvalue weighted by Crippen LogP contribution is 2.42. The highest BCUT2D eigenvalue weighted by Gasteiger charge is 2.38. The number of ether oxygens (including phenoxy) is 2. The number of amides is 1. The summed E-state index contributed by atoms with van der Waals surface area (Å²) in [6, 6.07) is 13.8. The largest absolute Gasteiger partial charge is 0.488 e. The van der Waals surface area contributed by atoms with Crippen LogP contribution < -0.4 is 4.74 Å². The number of likely N-dealkylation sites (tertiary alicyclic amines) is 1. The zero-order valence-electron chi connectivity index (χ0n) is 25.6. The number of halogens is 1. The SMILES string of the molecule is CC(C)(O)Cc1[nH]c2ccc(OC(Cc3ccc(Cl)cc3)C3CCCN3C(=O)OC(C)(C)C)cc2c1SC(C)(C)C. The van der Waals surface area contributed by atoms with Gasteiger partial charge in [0, 0.05) is 50.6 Å². The maximum Gasteiger partial charge on any atom is 0.410 e. The van der Waals surface area contributed by atoms with E-state index in [9.17, 15) is 9.90 Å². The number of aromatic nitrogens is 1. The number of rotatable bonds is 8. The smallest absolute Gasteiger partial charge is 0.410 e. The van der Waals surface area contributed by atoms with E-state index in [0.29, 0.717) is 24.4 Å². The highest BCUT2D eigenvalue weighted by molar-refractivity contribution is 8.00. The van der Waals surface area contributed by atoms with E-state index in [2.05, 4.69) is 31.8 Å². The Kier molecular flexibility index (Phi) is 9.32. The lowest BCUT2D eigenvalue weighted by molar-refractivity contribution is 0.00916. The van der Waals surface area contributed by atoms with E-state index >= 15 is 0 Å².